The molecule has 2 N–H and O–H groups in total. The van der Waals surface area contributed by atoms with Crippen molar-refractivity contribution in [1.29, 1.82) is 0 Å². The molecule has 0 aliphatic carbocycles. The molecule has 0 aromatic carbocycles. The lowest BCUT2D eigenvalue weighted by molar-refractivity contribution is 0.180. The molecular weight excluding hydrogens is 284 g/mol. The minimum Gasteiger partial charge on any atom is -0.312 e. The van der Waals surface area contributed by atoms with Crippen LogP contribution < -0.4 is 10.6 Å². The quantitative estimate of drug-likeness (QED) is 0.879. The van der Waals surface area contributed by atoms with Crippen molar-refractivity contribution in [3.63, 3.8) is 0 Å². The predicted octanol–water partition coefficient (Wildman–Crippen LogP) is 3.86. The van der Waals surface area contributed by atoms with Crippen LogP contribution in [0, 0.1) is 5.41 Å². The minimum atomic E-state index is 0.238. The fourth-order valence-corrected chi connectivity index (χ4v) is 2.09. The van der Waals surface area contributed by atoms with Gasteiger partial charge in [0.25, 0.3) is 0 Å². The van der Waals surface area contributed by atoms with Crippen molar-refractivity contribution in [3.8, 4) is 0 Å². The number of aromatic nitrogens is 2. The van der Waals surface area contributed by atoms with Crippen molar-refractivity contribution in [2.45, 2.75) is 60.5 Å². The molecule has 0 bridgehead atoms. The molecule has 0 saturated heterocycles. The molecule has 2 aromatic rings. The Morgan fingerprint density at radius 1 is 1.04 bits per heavy atom. The van der Waals surface area contributed by atoms with E-state index in [0.29, 0.717) is 5.41 Å². The number of rotatable bonds is 5. The maximum Gasteiger partial charge on any atom is 0.0996 e. The molecule has 0 atom stereocenters. The highest BCUT2D eigenvalue weighted by Crippen LogP contribution is 2.28. The highest BCUT2D eigenvalue weighted by molar-refractivity contribution is 5.51. The van der Waals surface area contributed by atoms with Crippen LogP contribution in [0.25, 0.3) is 5.52 Å². The maximum atomic E-state index is 4.33. The van der Waals surface area contributed by atoms with Gasteiger partial charge in [0, 0.05) is 18.3 Å². The molecule has 2 rings (SSSR count). The lowest BCUT2D eigenvalue weighted by Crippen LogP contribution is -2.49. The molecule has 2 aromatic heterocycles. The summed E-state index contributed by atoms with van der Waals surface area (Å²) < 4.78 is 2.03. The Labute approximate surface area is 141 Å². The molecule has 0 aliphatic heterocycles. The van der Waals surface area contributed by atoms with Crippen LogP contribution in [0.15, 0.2) is 30.7 Å². The van der Waals surface area contributed by atoms with Crippen LogP contribution in [-0.2, 0) is 6.54 Å². The first-order valence-corrected chi connectivity index (χ1v) is 8.59. The third kappa shape index (κ3) is 5.63. The molecule has 23 heavy (non-hydrogen) atoms. The van der Waals surface area contributed by atoms with Gasteiger partial charge in [0.2, 0.25) is 0 Å². The Hall–Kier alpha value is -1.39. The molecule has 4 nitrogen and oxygen atoms in total. The van der Waals surface area contributed by atoms with Gasteiger partial charge in [-0.25, -0.2) is 4.98 Å². The molecule has 0 unspecified atom stereocenters. The van der Waals surface area contributed by atoms with Crippen molar-refractivity contribution in [1.82, 2.24) is 20.0 Å². The summed E-state index contributed by atoms with van der Waals surface area (Å²) in [5.74, 6) is 0. The van der Waals surface area contributed by atoms with Gasteiger partial charge in [-0.15, -0.1) is 0 Å². The Kier molecular flexibility index (Phi) is 7.23. The topological polar surface area (TPSA) is 41.4 Å². The zero-order valence-corrected chi connectivity index (χ0v) is 15.9. The second-order valence-corrected chi connectivity index (χ2v) is 7.37. The van der Waals surface area contributed by atoms with E-state index in [1.165, 1.54) is 5.52 Å². The molecule has 0 radical (unpaired) electrons. The Morgan fingerprint density at radius 3 is 2.26 bits per heavy atom. The summed E-state index contributed by atoms with van der Waals surface area (Å²) in [5, 5.41) is 6.73. The molecule has 0 spiro atoms. The van der Waals surface area contributed by atoms with Gasteiger partial charge in [-0.1, -0.05) is 40.7 Å². The molecule has 0 amide bonds. The number of nitrogens with zero attached hydrogens (tertiary/aromatic N) is 2. The standard InChI is InChI=1S/C10H13N3.C9H21N/c1-2-11-7-9-10-5-3-4-6-13(10)8-12-9;1-7-10-9(5,6)8(2,3)4/h3-6,8,11H,2,7H2,1H3;10H,7H2,1-6H3. The zero-order valence-electron chi connectivity index (χ0n) is 15.9. The summed E-state index contributed by atoms with van der Waals surface area (Å²) in [6.45, 7) is 18.4. The summed E-state index contributed by atoms with van der Waals surface area (Å²) in [6.07, 6.45) is 3.86. The Balaban J connectivity index is 0.000000241. The number of imidazole rings is 1. The van der Waals surface area contributed by atoms with E-state index in [4.69, 9.17) is 0 Å². The highest BCUT2D eigenvalue weighted by atomic mass is 15.0. The van der Waals surface area contributed by atoms with Crippen LogP contribution in [0.1, 0.15) is 54.2 Å². The van der Waals surface area contributed by atoms with Crippen molar-refractivity contribution >= 4 is 5.52 Å². The van der Waals surface area contributed by atoms with Crippen LogP contribution >= 0.6 is 0 Å². The zero-order chi connectivity index (χ0) is 17.5. The van der Waals surface area contributed by atoms with Crippen molar-refractivity contribution in [2.75, 3.05) is 13.1 Å². The van der Waals surface area contributed by atoms with Crippen LogP contribution in [0.2, 0.25) is 0 Å². The number of hydrogen-bond donors (Lipinski definition) is 2. The van der Waals surface area contributed by atoms with Gasteiger partial charge in [0.05, 0.1) is 17.5 Å². The van der Waals surface area contributed by atoms with Crippen molar-refractivity contribution < 1.29 is 0 Å². The van der Waals surface area contributed by atoms with E-state index in [1.807, 2.05) is 29.1 Å². The third-order valence-corrected chi connectivity index (χ3v) is 4.56. The van der Waals surface area contributed by atoms with E-state index in [0.717, 1.165) is 25.3 Å². The van der Waals surface area contributed by atoms with E-state index in [2.05, 4.69) is 70.2 Å². The Morgan fingerprint density at radius 2 is 1.74 bits per heavy atom. The molecule has 2 heterocycles. The number of pyridine rings is 1. The lowest BCUT2D eigenvalue weighted by Gasteiger charge is -2.39. The molecule has 0 fully saturated rings. The fourth-order valence-electron chi connectivity index (χ4n) is 2.09. The first-order valence-electron chi connectivity index (χ1n) is 8.59. The summed E-state index contributed by atoms with van der Waals surface area (Å²) >= 11 is 0. The summed E-state index contributed by atoms with van der Waals surface area (Å²) in [4.78, 5) is 4.33. The smallest absolute Gasteiger partial charge is 0.0996 e. The van der Waals surface area contributed by atoms with Crippen LogP contribution in [0.4, 0.5) is 0 Å². The second kappa shape index (κ2) is 8.46. The normalized spacial score (nSPS) is 12.1. The van der Waals surface area contributed by atoms with E-state index < -0.39 is 0 Å². The van der Waals surface area contributed by atoms with E-state index in [-0.39, 0.29) is 5.54 Å². The highest BCUT2D eigenvalue weighted by Gasteiger charge is 2.31. The summed E-state index contributed by atoms with van der Waals surface area (Å²) in [7, 11) is 0. The third-order valence-electron chi connectivity index (χ3n) is 4.56. The largest absolute Gasteiger partial charge is 0.312 e. The first kappa shape index (κ1) is 19.7. The van der Waals surface area contributed by atoms with Crippen molar-refractivity contribution in [2.24, 2.45) is 5.41 Å². The minimum absolute atomic E-state index is 0.238. The van der Waals surface area contributed by atoms with Gasteiger partial charge < -0.3 is 15.0 Å². The lowest BCUT2D eigenvalue weighted by atomic mass is 9.76. The average Bonchev–Trinajstić information content (AvgIpc) is 2.88. The average molecular weight is 319 g/mol. The van der Waals surface area contributed by atoms with Gasteiger partial charge in [0.1, 0.15) is 0 Å². The van der Waals surface area contributed by atoms with Crippen LogP contribution in [0.3, 0.4) is 0 Å². The Bertz CT molecular complexity index is 578. The maximum absolute atomic E-state index is 4.33. The van der Waals surface area contributed by atoms with Gasteiger partial charge in [-0.3, -0.25) is 0 Å². The molecule has 0 aliphatic rings. The monoisotopic (exact) mass is 318 g/mol. The number of hydrogen-bond acceptors (Lipinski definition) is 3. The molecular formula is C19H34N4. The summed E-state index contributed by atoms with van der Waals surface area (Å²) in [5.41, 5.74) is 2.87. The number of nitrogens with one attached hydrogen (secondary N) is 2. The van der Waals surface area contributed by atoms with Gasteiger partial charge >= 0.3 is 0 Å². The molecule has 4 heteroatoms. The molecule has 0 saturated carbocycles. The van der Waals surface area contributed by atoms with Gasteiger partial charge in [-0.2, -0.15) is 0 Å². The van der Waals surface area contributed by atoms with Gasteiger partial charge in [0.15, 0.2) is 0 Å². The van der Waals surface area contributed by atoms with E-state index >= 15 is 0 Å². The van der Waals surface area contributed by atoms with Crippen LogP contribution in [0.5, 0.6) is 0 Å². The van der Waals surface area contributed by atoms with E-state index in [9.17, 15) is 0 Å². The predicted molar refractivity (Wildman–Crippen MR) is 99.8 cm³/mol. The first-order chi connectivity index (χ1) is 10.7. The number of fused-ring (bicyclic) bond motifs is 1. The molecule has 130 valence electrons. The summed E-state index contributed by atoms with van der Waals surface area (Å²) in [6, 6.07) is 6.12. The SMILES string of the molecule is CCNC(C)(C)C(C)(C)C.CCNCc1ncn2ccccc12. The van der Waals surface area contributed by atoms with Crippen LogP contribution in [-0.4, -0.2) is 28.0 Å². The fraction of sp³-hybridized carbons (Fsp3) is 0.632. The van der Waals surface area contributed by atoms with Gasteiger partial charge in [-0.05, 0) is 44.5 Å². The second-order valence-electron chi connectivity index (χ2n) is 7.37. The van der Waals surface area contributed by atoms with E-state index in [1.54, 1.807) is 0 Å². The van der Waals surface area contributed by atoms with Crippen molar-refractivity contribution in [3.05, 3.63) is 36.4 Å².